The van der Waals surface area contributed by atoms with Gasteiger partial charge in [-0.05, 0) is 23.4 Å². The average molecular weight is 273 g/mol. The smallest absolute Gasteiger partial charge is 0.302 e. The highest BCUT2D eigenvalue weighted by atomic mass is 19.4. The van der Waals surface area contributed by atoms with Crippen LogP contribution >= 0.6 is 0 Å². The summed E-state index contributed by atoms with van der Waals surface area (Å²) < 4.78 is 39.3. The molecule has 0 spiro atoms. The molecule has 0 saturated carbocycles. The second-order valence-electron chi connectivity index (χ2n) is 6.06. The molecule has 0 saturated heterocycles. The van der Waals surface area contributed by atoms with Crippen molar-refractivity contribution in [3.05, 3.63) is 35.9 Å². The van der Waals surface area contributed by atoms with Crippen LogP contribution in [0.4, 0.5) is 13.2 Å². The van der Waals surface area contributed by atoms with Crippen LogP contribution in [-0.2, 0) is 0 Å². The van der Waals surface area contributed by atoms with Crippen LogP contribution < -0.4 is 5.32 Å². The van der Waals surface area contributed by atoms with Gasteiger partial charge in [0.05, 0.1) is 0 Å². The van der Waals surface area contributed by atoms with E-state index in [1.807, 2.05) is 27.7 Å². The lowest BCUT2D eigenvalue weighted by molar-refractivity contribution is -0.158. The van der Waals surface area contributed by atoms with E-state index in [2.05, 4.69) is 5.32 Å². The van der Waals surface area contributed by atoms with Crippen molar-refractivity contribution in [1.82, 2.24) is 5.32 Å². The number of hydrogen-bond donors (Lipinski definition) is 1. The van der Waals surface area contributed by atoms with Crippen LogP contribution in [0.3, 0.4) is 0 Å². The predicted octanol–water partition coefficient (Wildman–Crippen LogP) is 4.56. The van der Waals surface area contributed by atoms with E-state index < -0.39 is 12.2 Å². The van der Waals surface area contributed by atoms with Crippen molar-refractivity contribution in [2.75, 3.05) is 6.54 Å². The van der Waals surface area contributed by atoms with Gasteiger partial charge in [0.2, 0.25) is 0 Å². The first-order valence-corrected chi connectivity index (χ1v) is 6.47. The van der Waals surface area contributed by atoms with Gasteiger partial charge in [-0.2, -0.15) is 13.2 Å². The van der Waals surface area contributed by atoms with E-state index in [-0.39, 0.29) is 16.9 Å². The van der Waals surface area contributed by atoms with Gasteiger partial charge in [-0.3, -0.25) is 0 Å². The van der Waals surface area contributed by atoms with Gasteiger partial charge in [0, 0.05) is 0 Å². The topological polar surface area (TPSA) is 12.0 Å². The summed E-state index contributed by atoms with van der Waals surface area (Å²) >= 11 is 0. The lowest BCUT2D eigenvalue weighted by Crippen LogP contribution is -2.39. The van der Waals surface area contributed by atoms with Crippen LogP contribution in [0.15, 0.2) is 30.3 Å². The van der Waals surface area contributed by atoms with E-state index in [1.54, 1.807) is 18.2 Å². The molecule has 0 heterocycles. The Morgan fingerprint density at radius 2 is 1.58 bits per heavy atom. The van der Waals surface area contributed by atoms with E-state index in [1.165, 1.54) is 12.1 Å². The summed E-state index contributed by atoms with van der Waals surface area (Å²) in [5.74, 6) is 0.154. The van der Waals surface area contributed by atoms with Crippen molar-refractivity contribution in [2.45, 2.75) is 39.9 Å². The predicted molar refractivity (Wildman–Crippen MR) is 71.9 cm³/mol. The Hall–Kier alpha value is -1.03. The fraction of sp³-hybridized carbons (Fsp3) is 0.600. The summed E-state index contributed by atoms with van der Waals surface area (Å²) in [6.07, 6.45) is -4.28. The van der Waals surface area contributed by atoms with Gasteiger partial charge in [0.25, 0.3) is 0 Å². The second-order valence-corrected chi connectivity index (χ2v) is 6.06. The Kier molecular flexibility index (Phi) is 5.02. The van der Waals surface area contributed by atoms with E-state index in [4.69, 9.17) is 0 Å². The van der Waals surface area contributed by atoms with Crippen molar-refractivity contribution in [1.29, 1.82) is 0 Å². The molecule has 0 radical (unpaired) electrons. The lowest BCUT2D eigenvalue weighted by Gasteiger charge is -2.30. The van der Waals surface area contributed by atoms with E-state index in [0.717, 1.165) is 0 Å². The van der Waals surface area contributed by atoms with Crippen molar-refractivity contribution < 1.29 is 13.2 Å². The molecule has 4 heteroatoms. The normalized spacial score (nSPS) is 16.2. The first kappa shape index (κ1) is 16.0. The molecule has 0 aliphatic carbocycles. The summed E-state index contributed by atoms with van der Waals surface area (Å²) in [6, 6.07) is 6.39. The van der Waals surface area contributed by atoms with Crippen LogP contribution in [0.25, 0.3) is 0 Å². The highest BCUT2D eigenvalue weighted by Gasteiger charge is 2.40. The molecule has 1 aromatic carbocycles. The van der Waals surface area contributed by atoms with Crippen molar-refractivity contribution in [3.63, 3.8) is 0 Å². The molecule has 1 aromatic rings. The molecule has 2 unspecified atom stereocenters. The quantitative estimate of drug-likeness (QED) is 0.848. The van der Waals surface area contributed by atoms with E-state index >= 15 is 0 Å². The molecule has 108 valence electrons. The summed E-state index contributed by atoms with van der Waals surface area (Å²) in [7, 11) is 0. The van der Waals surface area contributed by atoms with Gasteiger partial charge in [0.1, 0.15) is 6.04 Å². The minimum Gasteiger partial charge on any atom is -0.302 e. The minimum absolute atomic E-state index is 0.0141. The summed E-state index contributed by atoms with van der Waals surface area (Å²) in [5, 5.41) is 2.66. The van der Waals surface area contributed by atoms with Crippen LogP contribution in [0.2, 0.25) is 0 Å². The summed E-state index contributed by atoms with van der Waals surface area (Å²) in [4.78, 5) is 0. The molecule has 19 heavy (non-hydrogen) atoms. The van der Waals surface area contributed by atoms with Crippen molar-refractivity contribution in [2.24, 2.45) is 11.3 Å². The van der Waals surface area contributed by atoms with Gasteiger partial charge in [-0.1, -0.05) is 58.0 Å². The summed E-state index contributed by atoms with van der Waals surface area (Å²) in [6.45, 7) is 8.40. The Labute approximate surface area is 113 Å². The zero-order chi connectivity index (χ0) is 14.7. The molecule has 1 nitrogen and oxygen atoms in total. The van der Waals surface area contributed by atoms with Crippen LogP contribution in [0.1, 0.15) is 39.3 Å². The highest BCUT2D eigenvalue weighted by Crippen LogP contribution is 2.33. The first-order valence-electron chi connectivity index (χ1n) is 6.47. The minimum atomic E-state index is -4.28. The molecule has 0 bridgehead atoms. The second kappa shape index (κ2) is 5.95. The van der Waals surface area contributed by atoms with Crippen LogP contribution in [-0.4, -0.2) is 12.7 Å². The number of benzene rings is 1. The third-order valence-corrected chi connectivity index (χ3v) is 3.57. The fourth-order valence-corrected chi connectivity index (χ4v) is 1.67. The Balaban J connectivity index is 2.79. The van der Waals surface area contributed by atoms with Gasteiger partial charge in [-0.25, -0.2) is 0 Å². The summed E-state index contributed by atoms with van der Waals surface area (Å²) in [5.41, 5.74) is 0.246. The molecule has 0 aromatic heterocycles. The van der Waals surface area contributed by atoms with Gasteiger partial charge >= 0.3 is 6.18 Å². The number of halogens is 3. The maximum atomic E-state index is 13.1. The first-order chi connectivity index (χ1) is 8.62. The zero-order valence-electron chi connectivity index (χ0n) is 11.9. The molecule has 1 N–H and O–H groups in total. The maximum absolute atomic E-state index is 13.1. The van der Waals surface area contributed by atoms with Gasteiger partial charge < -0.3 is 5.32 Å². The van der Waals surface area contributed by atoms with Crippen LogP contribution in [0.5, 0.6) is 0 Å². The molecule has 0 aliphatic heterocycles. The molecule has 0 fully saturated rings. The van der Waals surface area contributed by atoms with Crippen molar-refractivity contribution in [3.8, 4) is 0 Å². The third kappa shape index (κ3) is 4.86. The SMILES string of the molecule is CC(CNC(c1ccccc1)C(F)(F)F)C(C)(C)C. The Morgan fingerprint density at radius 1 is 1.05 bits per heavy atom. The average Bonchev–Trinajstić information content (AvgIpc) is 2.27. The molecule has 1 rings (SSSR count). The van der Waals surface area contributed by atoms with Crippen molar-refractivity contribution >= 4 is 0 Å². The standard InChI is InChI=1S/C15H22F3N/c1-11(14(2,3)4)10-19-13(15(16,17)18)12-8-6-5-7-9-12/h5-9,11,13,19H,10H2,1-4H3. The van der Waals surface area contributed by atoms with Gasteiger partial charge in [0.15, 0.2) is 0 Å². The van der Waals surface area contributed by atoms with E-state index in [9.17, 15) is 13.2 Å². The number of alkyl halides is 3. The van der Waals surface area contributed by atoms with Gasteiger partial charge in [-0.15, -0.1) is 0 Å². The monoisotopic (exact) mass is 273 g/mol. The largest absolute Gasteiger partial charge is 0.407 e. The Morgan fingerprint density at radius 3 is 2.00 bits per heavy atom. The molecule has 2 atom stereocenters. The number of hydrogen-bond acceptors (Lipinski definition) is 1. The maximum Gasteiger partial charge on any atom is 0.407 e. The highest BCUT2D eigenvalue weighted by molar-refractivity contribution is 5.20. The molecule has 0 amide bonds. The van der Waals surface area contributed by atoms with E-state index in [0.29, 0.717) is 6.54 Å². The molecule has 0 aliphatic rings. The zero-order valence-corrected chi connectivity index (χ0v) is 11.9. The molecular weight excluding hydrogens is 251 g/mol. The fourth-order valence-electron chi connectivity index (χ4n) is 1.67. The third-order valence-electron chi connectivity index (χ3n) is 3.57. The Bertz CT molecular complexity index is 379. The molecular formula is C15H22F3N. The number of nitrogens with one attached hydrogen (secondary N) is 1. The van der Waals surface area contributed by atoms with Crippen LogP contribution in [0, 0.1) is 11.3 Å². The lowest BCUT2D eigenvalue weighted by atomic mass is 9.82. The number of rotatable bonds is 4.